The zero-order chi connectivity index (χ0) is 20.4. The number of benzene rings is 2. The van der Waals surface area contributed by atoms with Gasteiger partial charge >= 0.3 is 6.03 Å². The number of fused-ring (bicyclic) bond motifs is 1. The van der Waals surface area contributed by atoms with Crippen LogP contribution in [0.25, 0.3) is 0 Å². The van der Waals surface area contributed by atoms with Crippen molar-refractivity contribution in [2.24, 2.45) is 0 Å². The van der Waals surface area contributed by atoms with Gasteiger partial charge in [0.15, 0.2) is 5.82 Å². The van der Waals surface area contributed by atoms with Crippen LogP contribution in [-0.4, -0.2) is 29.9 Å². The molecule has 0 spiro atoms. The van der Waals surface area contributed by atoms with Crippen LogP contribution in [0.15, 0.2) is 47.0 Å². The molecule has 4 rings (SSSR count). The van der Waals surface area contributed by atoms with Crippen LogP contribution < -0.4 is 10.2 Å². The number of carbonyl (C=O) groups excluding carboxylic acids is 1. The lowest BCUT2D eigenvalue weighted by Crippen LogP contribution is -2.36. The van der Waals surface area contributed by atoms with E-state index in [2.05, 4.69) is 15.5 Å². The summed E-state index contributed by atoms with van der Waals surface area (Å²) in [6.07, 6.45) is 1.19. The van der Waals surface area contributed by atoms with Crippen molar-refractivity contribution in [1.29, 1.82) is 0 Å². The summed E-state index contributed by atoms with van der Waals surface area (Å²) >= 11 is 0. The number of amides is 2. The second-order valence-corrected chi connectivity index (χ2v) is 7.24. The first-order valence-corrected chi connectivity index (χ1v) is 9.63. The molecule has 1 unspecified atom stereocenters. The zero-order valence-electron chi connectivity index (χ0n) is 16.8. The molecule has 3 aromatic rings. The van der Waals surface area contributed by atoms with E-state index in [9.17, 15) is 4.79 Å². The van der Waals surface area contributed by atoms with Crippen LogP contribution in [0.3, 0.4) is 0 Å². The molecule has 1 N–H and O–H groups in total. The van der Waals surface area contributed by atoms with Gasteiger partial charge in [0.1, 0.15) is 6.04 Å². The van der Waals surface area contributed by atoms with E-state index in [1.54, 1.807) is 12.0 Å². The number of hydrogen-bond donors (Lipinski definition) is 1. The largest absolute Gasteiger partial charge is 0.384 e. The smallest absolute Gasteiger partial charge is 0.327 e. The minimum Gasteiger partial charge on any atom is -0.384 e. The predicted molar refractivity (Wildman–Crippen MR) is 110 cm³/mol. The van der Waals surface area contributed by atoms with Crippen molar-refractivity contribution in [2.75, 3.05) is 23.9 Å². The van der Waals surface area contributed by atoms with Gasteiger partial charge in [0, 0.05) is 31.3 Å². The fourth-order valence-electron chi connectivity index (χ4n) is 3.54. The number of aromatic nitrogens is 2. The highest BCUT2D eigenvalue weighted by molar-refractivity contribution is 6.03. The van der Waals surface area contributed by atoms with Gasteiger partial charge in [-0.3, -0.25) is 4.90 Å². The van der Waals surface area contributed by atoms with Gasteiger partial charge in [-0.25, -0.2) is 4.79 Å². The van der Waals surface area contributed by atoms with E-state index in [0.29, 0.717) is 31.2 Å². The fraction of sp³-hybridized carbons (Fsp3) is 0.318. The molecule has 29 heavy (non-hydrogen) atoms. The standard InChI is InChI=1S/C22H24N4O3/c1-14-8-9-17(12-15(14)2)23-22(27)26-18-7-5-4-6-16(18)13-19(26)21-24-20(25-29-21)10-11-28-3/h4-9,12,19H,10-11,13H2,1-3H3,(H,23,27). The Labute approximate surface area is 169 Å². The highest BCUT2D eigenvalue weighted by Crippen LogP contribution is 2.40. The number of nitrogens with zero attached hydrogens (tertiary/aromatic N) is 3. The monoisotopic (exact) mass is 392 g/mol. The van der Waals surface area contributed by atoms with Gasteiger partial charge in [-0.05, 0) is 48.7 Å². The summed E-state index contributed by atoms with van der Waals surface area (Å²) in [6, 6.07) is 13.2. The molecular formula is C22H24N4O3. The molecule has 1 aromatic heterocycles. The van der Waals surface area contributed by atoms with Crippen molar-refractivity contribution in [1.82, 2.24) is 10.1 Å². The highest BCUT2D eigenvalue weighted by Gasteiger charge is 2.38. The van der Waals surface area contributed by atoms with Gasteiger partial charge < -0.3 is 14.6 Å². The first-order valence-electron chi connectivity index (χ1n) is 9.63. The summed E-state index contributed by atoms with van der Waals surface area (Å²) in [6.45, 7) is 4.59. The number of anilines is 2. The van der Waals surface area contributed by atoms with Crippen molar-refractivity contribution in [2.45, 2.75) is 32.7 Å². The zero-order valence-corrected chi connectivity index (χ0v) is 16.8. The summed E-state index contributed by atoms with van der Waals surface area (Å²) in [7, 11) is 1.63. The highest BCUT2D eigenvalue weighted by atomic mass is 16.5. The molecule has 0 saturated carbocycles. The van der Waals surface area contributed by atoms with Gasteiger partial charge in [0.25, 0.3) is 0 Å². The van der Waals surface area contributed by atoms with Gasteiger partial charge in [-0.15, -0.1) is 0 Å². The van der Waals surface area contributed by atoms with Gasteiger partial charge in [-0.1, -0.05) is 29.4 Å². The molecule has 0 bridgehead atoms. The maximum atomic E-state index is 13.2. The minimum absolute atomic E-state index is 0.222. The molecule has 0 radical (unpaired) electrons. The Balaban J connectivity index is 1.62. The van der Waals surface area contributed by atoms with Crippen LogP contribution in [0.4, 0.5) is 16.2 Å². The Morgan fingerprint density at radius 2 is 2.07 bits per heavy atom. The van der Waals surface area contributed by atoms with E-state index in [-0.39, 0.29) is 12.1 Å². The molecule has 2 heterocycles. The van der Waals surface area contributed by atoms with Crippen molar-refractivity contribution >= 4 is 17.4 Å². The number of urea groups is 1. The lowest BCUT2D eigenvalue weighted by molar-refractivity contribution is 0.199. The Bertz CT molecular complexity index is 1030. The molecule has 7 heteroatoms. The number of methoxy groups -OCH3 is 1. The Morgan fingerprint density at radius 3 is 2.86 bits per heavy atom. The van der Waals surface area contributed by atoms with Crippen molar-refractivity contribution in [3.8, 4) is 0 Å². The third-order valence-corrected chi connectivity index (χ3v) is 5.25. The quantitative estimate of drug-likeness (QED) is 0.703. The van der Waals surface area contributed by atoms with Crippen LogP contribution in [0, 0.1) is 13.8 Å². The third kappa shape index (κ3) is 3.86. The van der Waals surface area contributed by atoms with Crippen molar-refractivity contribution in [3.05, 3.63) is 70.9 Å². The normalized spacial score (nSPS) is 15.4. The van der Waals surface area contributed by atoms with Crippen LogP contribution in [0.5, 0.6) is 0 Å². The summed E-state index contributed by atoms with van der Waals surface area (Å²) in [5.74, 6) is 1.01. The average Bonchev–Trinajstić information content (AvgIpc) is 3.33. The van der Waals surface area contributed by atoms with Crippen LogP contribution in [0.2, 0.25) is 0 Å². The number of carbonyl (C=O) groups is 1. The molecule has 0 saturated heterocycles. The number of hydrogen-bond acceptors (Lipinski definition) is 5. The minimum atomic E-state index is -0.345. The summed E-state index contributed by atoms with van der Waals surface area (Å²) < 4.78 is 10.6. The number of aryl methyl sites for hydroxylation is 2. The molecule has 2 aromatic carbocycles. The fourth-order valence-corrected chi connectivity index (χ4v) is 3.54. The van der Waals surface area contributed by atoms with E-state index >= 15 is 0 Å². The van der Waals surface area contributed by atoms with E-state index in [0.717, 1.165) is 22.5 Å². The average molecular weight is 392 g/mol. The molecule has 150 valence electrons. The predicted octanol–water partition coefficient (Wildman–Crippen LogP) is 4.21. The van der Waals surface area contributed by atoms with E-state index < -0.39 is 0 Å². The van der Waals surface area contributed by atoms with Gasteiger partial charge in [-0.2, -0.15) is 4.98 Å². The van der Waals surface area contributed by atoms with Crippen LogP contribution in [-0.2, 0) is 17.6 Å². The molecule has 0 fully saturated rings. The van der Waals surface area contributed by atoms with Crippen LogP contribution >= 0.6 is 0 Å². The lowest BCUT2D eigenvalue weighted by Gasteiger charge is -2.23. The second-order valence-electron chi connectivity index (χ2n) is 7.24. The number of para-hydroxylation sites is 1. The number of nitrogens with one attached hydrogen (secondary N) is 1. The molecule has 1 aliphatic heterocycles. The maximum Gasteiger partial charge on any atom is 0.327 e. The van der Waals surface area contributed by atoms with E-state index in [1.165, 1.54) is 5.56 Å². The first-order chi connectivity index (χ1) is 14.1. The molecule has 0 aliphatic carbocycles. The lowest BCUT2D eigenvalue weighted by atomic mass is 10.1. The topological polar surface area (TPSA) is 80.5 Å². The molecule has 1 atom stereocenters. The second kappa shape index (κ2) is 8.05. The Morgan fingerprint density at radius 1 is 1.24 bits per heavy atom. The summed E-state index contributed by atoms with van der Waals surface area (Å²) in [5, 5.41) is 7.05. The van der Waals surface area contributed by atoms with Crippen molar-refractivity contribution < 1.29 is 14.1 Å². The molecular weight excluding hydrogens is 368 g/mol. The molecule has 2 amide bonds. The maximum absolute atomic E-state index is 13.2. The van der Waals surface area contributed by atoms with Gasteiger partial charge in [0.2, 0.25) is 5.89 Å². The first kappa shape index (κ1) is 19.1. The van der Waals surface area contributed by atoms with E-state index in [4.69, 9.17) is 9.26 Å². The van der Waals surface area contributed by atoms with Crippen molar-refractivity contribution in [3.63, 3.8) is 0 Å². The number of rotatable bonds is 5. The SMILES string of the molecule is COCCc1noc(C2Cc3ccccc3N2C(=O)Nc2ccc(C)c(C)c2)n1. The molecule has 1 aliphatic rings. The summed E-state index contributed by atoms with van der Waals surface area (Å²) in [4.78, 5) is 19.4. The third-order valence-electron chi connectivity index (χ3n) is 5.25. The summed E-state index contributed by atoms with van der Waals surface area (Å²) in [5.41, 5.74) is 5.00. The number of ether oxygens (including phenoxy) is 1. The Kier molecular flexibility index (Phi) is 5.31. The van der Waals surface area contributed by atoms with E-state index in [1.807, 2.05) is 56.3 Å². The molecule has 7 nitrogen and oxygen atoms in total. The van der Waals surface area contributed by atoms with Crippen LogP contribution in [0.1, 0.15) is 34.4 Å². The Hall–Kier alpha value is -3.19. The van der Waals surface area contributed by atoms with Gasteiger partial charge in [0.05, 0.1) is 6.61 Å².